The molecular formula is C15H9IOS. The molecule has 0 bridgehead atoms. The summed E-state index contributed by atoms with van der Waals surface area (Å²) in [6, 6.07) is 17.9. The van der Waals surface area contributed by atoms with E-state index in [0.29, 0.717) is 0 Å². The van der Waals surface area contributed by atoms with Gasteiger partial charge in [0.15, 0.2) is 0 Å². The van der Waals surface area contributed by atoms with Gasteiger partial charge < -0.3 is 0 Å². The smallest absolute Gasteiger partial charge is 0.201 e. The Bertz CT molecular complexity index is 762. The van der Waals surface area contributed by atoms with Crippen LogP contribution in [0.4, 0.5) is 0 Å². The van der Waals surface area contributed by atoms with Crippen LogP contribution < -0.4 is 5.43 Å². The lowest BCUT2D eigenvalue weighted by Gasteiger charge is -2.05. The Balaban J connectivity index is 2.38. The zero-order valence-corrected chi connectivity index (χ0v) is 12.4. The molecule has 2 aromatic carbocycles. The van der Waals surface area contributed by atoms with Gasteiger partial charge in [-0.1, -0.05) is 42.5 Å². The highest BCUT2D eigenvalue weighted by Crippen LogP contribution is 2.31. The predicted molar refractivity (Wildman–Crippen MR) is 86.2 cm³/mol. The Morgan fingerprint density at radius 1 is 0.889 bits per heavy atom. The zero-order valence-electron chi connectivity index (χ0n) is 9.39. The van der Waals surface area contributed by atoms with Gasteiger partial charge in [-0.25, -0.2) is 0 Å². The van der Waals surface area contributed by atoms with Crippen molar-refractivity contribution in [1.82, 2.24) is 0 Å². The highest BCUT2D eigenvalue weighted by Gasteiger charge is 2.10. The summed E-state index contributed by atoms with van der Waals surface area (Å²) in [4.78, 5) is 13.4. The molecule has 1 heterocycles. The minimum Gasteiger partial charge on any atom is -0.288 e. The first-order chi connectivity index (χ1) is 8.77. The van der Waals surface area contributed by atoms with Crippen LogP contribution in [0, 0.1) is 3.57 Å². The lowest BCUT2D eigenvalue weighted by atomic mass is 10.2. The normalized spacial score (nSPS) is 10.7. The topological polar surface area (TPSA) is 17.1 Å². The van der Waals surface area contributed by atoms with Crippen LogP contribution in [-0.2, 0) is 0 Å². The molecule has 0 spiro atoms. The lowest BCUT2D eigenvalue weighted by Crippen LogP contribution is -2.05. The van der Waals surface area contributed by atoms with E-state index in [9.17, 15) is 4.79 Å². The van der Waals surface area contributed by atoms with Crippen LogP contribution >= 0.6 is 33.9 Å². The van der Waals surface area contributed by atoms with Crippen LogP contribution in [0.1, 0.15) is 0 Å². The van der Waals surface area contributed by atoms with Crippen molar-refractivity contribution >= 4 is 44.0 Å². The summed E-state index contributed by atoms with van der Waals surface area (Å²) in [5.74, 6) is 0. The molecule has 0 radical (unpaired) electrons. The van der Waals surface area contributed by atoms with Gasteiger partial charge in [-0.15, -0.1) is 11.3 Å². The zero-order chi connectivity index (χ0) is 12.5. The van der Waals surface area contributed by atoms with Gasteiger partial charge in [0.05, 0.1) is 8.45 Å². The van der Waals surface area contributed by atoms with E-state index in [1.807, 2.05) is 54.6 Å². The van der Waals surface area contributed by atoms with Crippen LogP contribution in [0.25, 0.3) is 20.5 Å². The molecule has 18 heavy (non-hydrogen) atoms. The number of halogens is 1. The van der Waals surface area contributed by atoms with Crippen molar-refractivity contribution in [1.29, 1.82) is 0 Å². The predicted octanol–water partition coefficient (Wildman–Crippen LogP) is 4.53. The lowest BCUT2D eigenvalue weighted by molar-refractivity contribution is 1.61. The molecule has 0 N–H and O–H groups in total. The summed E-state index contributed by atoms with van der Waals surface area (Å²) in [5.41, 5.74) is 1.23. The number of hydrogen-bond acceptors (Lipinski definition) is 2. The Hall–Kier alpha value is -1.20. The van der Waals surface area contributed by atoms with Gasteiger partial charge in [0.25, 0.3) is 0 Å². The fourth-order valence-electron chi connectivity index (χ4n) is 1.89. The fraction of sp³-hybridized carbons (Fsp3) is 0. The first kappa shape index (κ1) is 11.9. The molecule has 3 aromatic rings. The molecule has 0 amide bonds. The molecule has 0 aliphatic carbocycles. The average Bonchev–Trinajstić information content (AvgIpc) is 2.44. The number of rotatable bonds is 1. The van der Waals surface area contributed by atoms with Gasteiger partial charge in [0.2, 0.25) is 5.43 Å². The summed E-state index contributed by atoms with van der Waals surface area (Å²) < 4.78 is 1.85. The van der Waals surface area contributed by atoms with Crippen molar-refractivity contribution in [3.05, 3.63) is 68.4 Å². The van der Waals surface area contributed by atoms with E-state index in [2.05, 4.69) is 22.6 Å². The second-order valence-corrected chi connectivity index (χ2v) is 6.07. The maximum absolute atomic E-state index is 12.3. The second kappa shape index (κ2) is 4.82. The molecule has 1 aromatic heterocycles. The van der Waals surface area contributed by atoms with Gasteiger partial charge in [-0.05, 0) is 40.3 Å². The summed E-state index contributed by atoms with van der Waals surface area (Å²) in [7, 11) is 0. The molecule has 0 aliphatic rings. The Morgan fingerprint density at radius 3 is 2.33 bits per heavy atom. The molecule has 0 aliphatic heterocycles. The van der Waals surface area contributed by atoms with Crippen LogP contribution in [0.5, 0.6) is 0 Å². The van der Waals surface area contributed by atoms with E-state index in [1.165, 1.54) is 0 Å². The Kier molecular flexibility index (Phi) is 3.18. The molecule has 0 saturated carbocycles. The Labute approximate surface area is 122 Å². The van der Waals surface area contributed by atoms with E-state index in [0.717, 1.165) is 24.1 Å². The van der Waals surface area contributed by atoms with E-state index in [1.54, 1.807) is 11.3 Å². The third-order valence-corrected chi connectivity index (χ3v) is 5.39. The maximum atomic E-state index is 12.3. The van der Waals surface area contributed by atoms with Crippen molar-refractivity contribution in [2.24, 2.45) is 0 Å². The van der Waals surface area contributed by atoms with E-state index in [4.69, 9.17) is 0 Å². The van der Waals surface area contributed by atoms with Crippen LogP contribution in [-0.4, -0.2) is 0 Å². The van der Waals surface area contributed by atoms with Crippen molar-refractivity contribution in [3.8, 4) is 10.4 Å². The standard InChI is InChI=1S/C15H9IOS/c16-13-14(17)11-8-4-5-9-12(11)18-15(13)10-6-2-1-3-7-10/h1-9H. The number of benzene rings is 2. The molecule has 0 saturated heterocycles. The molecule has 3 heteroatoms. The Morgan fingerprint density at radius 2 is 1.56 bits per heavy atom. The van der Waals surface area contributed by atoms with E-state index in [-0.39, 0.29) is 5.43 Å². The highest BCUT2D eigenvalue weighted by molar-refractivity contribution is 14.1. The van der Waals surface area contributed by atoms with Crippen LogP contribution in [0.15, 0.2) is 59.4 Å². The van der Waals surface area contributed by atoms with Crippen molar-refractivity contribution in [3.63, 3.8) is 0 Å². The van der Waals surface area contributed by atoms with Crippen molar-refractivity contribution in [2.45, 2.75) is 0 Å². The van der Waals surface area contributed by atoms with Gasteiger partial charge >= 0.3 is 0 Å². The summed E-state index contributed by atoms with van der Waals surface area (Å²) in [5, 5.41) is 0.812. The molecule has 0 atom stereocenters. The molecule has 88 valence electrons. The first-order valence-electron chi connectivity index (χ1n) is 5.54. The molecule has 1 nitrogen and oxygen atoms in total. The maximum Gasteiger partial charge on any atom is 0.201 e. The van der Waals surface area contributed by atoms with Gasteiger partial charge in [0, 0.05) is 10.1 Å². The summed E-state index contributed by atoms with van der Waals surface area (Å²) in [6.07, 6.45) is 0. The first-order valence-corrected chi connectivity index (χ1v) is 7.43. The van der Waals surface area contributed by atoms with Crippen molar-refractivity contribution < 1.29 is 0 Å². The quantitative estimate of drug-likeness (QED) is 0.580. The monoisotopic (exact) mass is 364 g/mol. The van der Waals surface area contributed by atoms with Gasteiger partial charge in [-0.2, -0.15) is 0 Å². The average molecular weight is 364 g/mol. The third kappa shape index (κ3) is 1.97. The molecule has 0 unspecified atom stereocenters. The second-order valence-electron chi connectivity index (χ2n) is 3.94. The van der Waals surface area contributed by atoms with Gasteiger partial charge in [0.1, 0.15) is 0 Å². The van der Waals surface area contributed by atoms with E-state index < -0.39 is 0 Å². The van der Waals surface area contributed by atoms with Gasteiger partial charge in [-0.3, -0.25) is 4.79 Å². The molecular weight excluding hydrogens is 355 g/mol. The SMILES string of the molecule is O=c1c(I)c(-c2ccccc2)sc2ccccc12. The fourth-order valence-corrected chi connectivity index (χ4v) is 3.90. The highest BCUT2D eigenvalue weighted by atomic mass is 127. The van der Waals surface area contributed by atoms with Crippen LogP contribution in [0.3, 0.4) is 0 Å². The number of fused-ring (bicyclic) bond motifs is 1. The van der Waals surface area contributed by atoms with Crippen LogP contribution in [0.2, 0.25) is 0 Å². The van der Waals surface area contributed by atoms with Crippen molar-refractivity contribution in [2.75, 3.05) is 0 Å². The summed E-state index contributed by atoms with van der Waals surface area (Å²) in [6.45, 7) is 0. The van der Waals surface area contributed by atoms with E-state index >= 15 is 0 Å². The number of hydrogen-bond donors (Lipinski definition) is 0. The molecule has 0 fully saturated rings. The largest absolute Gasteiger partial charge is 0.288 e. The third-order valence-electron chi connectivity index (χ3n) is 2.78. The summed E-state index contributed by atoms with van der Waals surface area (Å²) >= 11 is 3.83. The molecule has 3 rings (SSSR count). The minimum absolute atomic E-state index is 0.129. The minimum atomic E-state index is 0.129.